The van der Waals surface area contributed by atoms with E-state index in [-0.39, 0.29) is 11.6 Å². The van der Waals surface area contributed by atoms with Crippen LogP contribution in [-0.2, 0) is 0 Å². The second kappa shape index (κ2) is 8.05. The van der Waals surface area contributed by atoms with Crippen LogP contribution in [0.3, 0.4) is 0 Å². The van der Waals surface area contributed by atoms with Gasteiger partial charge in [0.25, 0.3) is 5.91 Å². The third kappa shape index (κ3) is 4.74. The molecule has 138 valence electrons. The Morgan fingerprint density at radius 3 is 2.63 bits per heavy atom. The van der Waals surface area contributed by atoms with E-state index in [2.05, 4.69) is 20.6 Å². The number of ether oxygens (including phenoxy) is 1. The smallest absolute Gasteiger partial charge is 0.274 e. The number of hydrogen-bond donors (Lipinski definition) is 2. The van der Waals surface area contributed by atoms with Gasteiger partial charge in [0.2, 0.25) is 5.95 Å². The van der Waals surface area contributed by atoms with Gasteiger partial charge in [-0.25, -0.2) is 9.97 Å². The van der Waals surface area contributed by atoms with Crippen LogP contribution in [0.15, 0.2) is 48.5 Å². The molecule has 3 aromatic rings. The van der Waals surface area contributed by atoms with Gasteiger partial charge in [-0.15, -0.1) is 0 Å². The van der Waals surface area contributed by atoms with Gasteiger partial charge in [-0.1, -0.05) is 23.7 Å². The molecule has 0 aliphatic carbocycles. The highest BCUT2D eigenvalue weighted by molar-refractivity contribution is 6.31. The quantitative estimate of drug-likeness (QED) is 0.665. The van der Waals surface area contributed by atoms with E-state index in [0.29, 0.717) is 28.1 Å². The molecule has 6 nitrogen and oxygen atoms in total. The van der Waals surface area contributed by atoms with E-state index in [9.17, 15) is 4.79 Å². The molecule has 1 heterocycles. The molecule has 2 aromatic carbocycles. The van der Waals surface area contributed by atoms with Crippen LogP contribution in [0.2, 0.25) is 5.02 Å². The predicted molar refractivity (Wildman–Crippen MR) is 107 cm³/mol. The number of nitrogens with zero attached hydrogens (tertiary/aromatic N) is 2. The van der Waals surface area contributed by atoms with Gasteiger partial charge in [-0.05, 0) is 55.8 Å². The first kappa shape index (κ1) is 18.7. The van der Waals surface area contributed by atoms with E-state index < -0.39 is 0 Å². The molecule has 1 amide bonds. The monoisotopic (exact) mass is 382 g/mol. The molecule has 0 bridgehead atoms. The minimum atomic E-state index is -0.381. The van der Waals surface area contributed by atoms with Gasteiger partial charge >= 0.3 is 0 Å². The number of aromatic nitrogens is 2. The van der Waals surface area contributed by atoms with Crippen LogP contribution in [-0.4, -0.2) is 23.0 Å². The highest BCUT2D eigenvalue weighted by Crippen LogP contribution is 2.28. The molecule has 3 rings (SSSR count). The third-order valence-corrected chi connectivity index (χ3v) is 4.01. The van der Waals surface area contributed by atoms with Crippen molar-refractivity contribution in [2.24, 2.45) is 0 Å². The van der Waals surface area contributed by atoms with Crippen LogP contribution in [0.25, 0.3) is 0 Å². The first-order valence-corrected chi connectivity index (χ1v) is 8.66. The van der Waals surface area contributed by atoms with E-state index in [0.717, 1.165) is 11.3 Å². The van der Waals surface area contributed by atoms with Gasteiger partial charge in [0, 0.05) is 16.4 Å². The largest absolute Gasteiger partial charge is 0.495 e. The summed E-state index contributed by atoms with van der Waals surface area (Å²) in [5.74, 6) is 0.480. The maximum absolute atomic E-state index is 12.7. The summed E-state index contributed by atoms with van der Waals surface area (Å²) in [6.45, 7) is 3.80. The maximum Gasteiger partial charge on any atom is 0.274 e. The van der Waals surface area contributed by atoms with Crippen molar-refractivity contribution in [3.05, 3.63) is 70.5 Å². The lowest BCUT2D eigenvalue weighted by atomic mass is 10.2. The van der Waals surface area contributed by atoms with Crippen LogP contribution < -0.4 is 15.4 Å². The number of carbonyl (C=O) groups excluding carboxylic acids is 1. The van der Waals surface area contributed by atoms with Crippen molar-refractivity contribution in [3.63, 3.8) is 0 Å². The average molecular weight is 383 g/mol. The van der Waals surface area contributed by atoms with E-state index in [1.54, 1.807) is 31.2 Å². The van der Waals surface area contributed by atoms with E-state index in [4.69, 9.17) is 16.3 Å². The molecule has 27 heavy (non-hydrogen) atoms. The Balaban J connectivity index is 1.85. The lowest BCUT2D eigenvalue weighted by molar-refractivity contribution is 0.102. The SMILES string of the molecule is COc1ccc(Cl)cc1NC(=O)c1cc(C)nc(Nc2cccc(C)c2)n1. The van der Waals surface area contributed by atoms with Crippen molar-refractivity contribution in [1.29, 1.82) is 0 Å². The fourth-order valence-electron chi connectivity index (χ4n) is 2.56. The minimum Gasteiger partial charge on any atom is -0.495 e. The van der Waals surface area contributed by atoms with Crippen LogP contribution >= 0.6 is 11.6 Å². The maximum atomic E-state index is 12.7. The fourth-order valence-corrected chi connectivity index (χ4v) is 2.73. The molecule has 0 atom stereocenters. The molecule has 0 unspecified atom stereocenters. The summed E-state index contributed by atoms with van der Waals surface area (Å²) < 4.78 is 5.26. The Hall–Kier alpha value is -3.12. The van der Waals surface area contributed by atoms with Gasteiger partial charge in [-0.2, -0.15) is 0 Å². The zero-order chi connectivity index (χ0) is 19.4. The number of benzene rings is 2. The molecule has 0 spiro atoms. The van der Waals surface area contributed by atoms with Crippen LogP contribution in [0.5, 0.6) is 5.75 Å². The van der Waals surface area contributed by atoms with Gasteiger partial charge in [0.15, 0.2) is 0 Å². The van der Waals surface area contributed by atoms with Gasteiger partial charge in [-0.3, -0.25) is 4.79 Å². The van der Waals surface area contributed by atoms with Crippen molar-refractivity contribution in [2.75, 3.05) is 17.7 Å². The standard InChI is InChI=1S/C20H19ClN4O2/c1-12-5-4-6-15(9-12)23-20-22-13(2)10-17(25-20)19(26)24-16-11-14(21)7-8-18(16)27-3/h4-11H,1-3H3,(H,24,26)(H,22,23,25). The predicted octanol–water partition coefficient (Wildman–Crippen LogP) is 4.75. The van der Waals surface area contributed by atoms with Crippen molar-refractivity contribution in [3.8, 4) is 5.75 Å². The number of hydrogen-bond acceptors (Lipinski definition) is 5. The molecule has 0 saturated carbocycles. The molecular formula is C20H19ClN4O2. The summed E-state index contributed by atoms with van der Waals surface area (Å²) in [4.78, 5) is 21.3. The zero-order valence-corrected chi connectivity index (χ0v) is 16.0. The van der Waals surface area contributed by atoms with Crippen LogP contribution in [0.1, 0.15) is 21.7 Å². The Bertz CT molecular complexity index is 991. The molecule has 0 saturated heterocycles. The average Bonchev–Trinajstić information content (AvgIpc) is 2.61. The van der Waals surface area contributed by atoms with Gasteiger partial charge in [0.05, 0.1) is 12.8 Å². The summed E-state index contributed by atoms with van der Waals surface area (Å²) in [6.07, 6.45) is 0. The summed E-state index contributed by atoms with van der Waals surface area (Å²) >= 11 is 6.01. The number of nitrogens with one attached hydrogen (secondary N) is 2. The summed E-state index contributed by atoms with van der Waals surface area (Å²) in [5, 5.41) is 6.40. The van der Waals surface area contributed by atoms with Crippen molar-refractivity contribution in [1.82, 2.24) is 9.97 Å². The molecule has 7 heteroatoms. The number of aryl methyl sites for hydroxylation is 2. The third-order valence-electron chi connectivity index (χ3n) is 3.77. The molecule has 0 aliphatic rings. The minimum absolute atomic E-state index is 0.236. The van der Waals surface area contributed by atoms with Crippen LogP contribution in [0.4, 0.5) is 17.3 Å². The normalized spacial score (nSPS) is 10.4. The summed E-state index contributed by atoms with van der Waals surface area (Å²) in [5.41, 5.74) is 3.34. The molecule has 0 aliphatic heterocycles. The van der Waals surface area contributed by atoms with E-state index in [1.165, 1.54) is 7.11 Å². The second-order valence-corrected chi connectivity index (χ2v) is 6.45. The van der Waals surface area contributed by atoms with Crippen molar-refractivity contribution < 1.29 is 9.53 Å². The number of anilines is 3. The number of carbonyl (C=O) groups is 1. The fraction of sp³-hybridized carbons (Fsp3) is 0.150. The van der Waals surface area contributed by atoms with Gasteiger partial charge < -0.3 is 15.4 Å². The molecule has 1 aromatic heterocycles. The summed E-state index contributed by atoms with van der Waals surface area (Å²) in [6, 6.07) is 14.4. The Morgan fingerprint density at radius 2 is 1.89 bits per heavy atom. The molecule has 0 radical (unpaired) electrons. The summed E-state index contributed by atoms with van der Waals surface area (Å²) in [7, 11) is 1.53. The Kier molecular flexibility index (Phi) is 5.57. The lowest BCUT2D eigenvalue weighted by Gasteiger charge is -2.12. The van der Waals surface area contributed by atoms with E-state index >= 15 is 0 Å². The van der Waals surface area contributed by atoms with Gasteiger partial charge in [0.1, 0.15) is 11.4 Å². The zero-order valence-electron chi connectivity index (χ0n) is 15.2. The Labute approximate surface area is 162 Å². The van der Waals surface area contributed by atoms with Crippen molar-refractivity contribution >= 4 is 34.8 Å². The van der Waals surface area contributed by atoms with Crippen LogP contribution in [0, 0.1) is 13.8 Å². The second-order valence-electron chi connectivity index (χ2n) is 6.01. The first-order chi connectivity index (χ1) is 12.9. The number of rotatable bonds is 5. The van der Waals surface area contributed by atoms with Crippen molar-refractivity contribution in [2.45, 2.75) is 13.8 Å². The highest BCUT2D eigenvalue weighted by atomic mass is 35.5. The number of halogens is 1. The number of amides is 1. The Morgan fingerprint density at radius 1 is 1.07 bits per heavy atom. The molecule has 0 fully saturated rings. The lowest BCUT2D eigenvalue weighted by Crippen LogP contribution is -2.16. The number of methoxy groups -OCH3 is 1. The molecular weight excluding hydrogens is 364 g/mol. The highest BCUT2D eigenvalue weighted by Gasteiger charge is 2.14. The topological polar surface area (TPSA) is 76.1 Å². The van der Waals surface area contributed by atoms with E-state index in [1.807, 2.05) is 31.2 Å². The first-order valence-electron chi connectivity index (χ1n) is 8.29. The molecule has 2 N–H and O–H groups in total.